The van der Waals surface area contributed by atoms with Crippen molar-refractivity contribution < 1.29 is 9.21 Å². The summed E-state index contributed by atoms with van der Waals surface area (Å²) in [6.07, 6.45) is 0. The van der Waals surface area contributed by atoms with E-state index in [-0.39, 0.29) is 5.91 Å². The molecule has 1 amide bonds. The Morgan fingerprint density at radius 2 is 1.82 bits per heavy atom. The zero-order valence-corrected chi connectivity index (χ0v) is 16.5. The number of nitrogens with one attached hydrogen (secondary N) is 1. The van der Waals surface area contributed by atoms with Crippen LogP contribution < -0.4 is 5.32 Å². The average Bonchev–Trinajstić information content (AvgIpc) is 3.14. The highest BCUT2D eigenvalue weighted by atomic mass is 35.5. The zero-order valence-electron chi connectivity index (χ0n) is 14.9. The van der Waals surface area contributed by atoms with E-state index >= 15 is 0 Å². The van der Waals surface area contributed by atoms with E-state index in [1.54, 1.807) is 17.8 Å². The third-order valence-corrected chi connectivity index (χ3v) is 5.36. The molecule has 4 aromatic rings. The molecule has 3 aromatic carbocycles. The lowest BCUT2D eigenvalue weighted by molar-refractivity contribution is -0.113. The minimum absolute atomic E-state index is 0.0545. The number of aromatic nitrogens is 1. The highest BCUT2D eigenvalue weighted by Gasteiger charge is 2.10. The molecule has 0 aliphatic carbocycles. The van der Waals surface area contributed by atoms with E-state index in [2.05, 4.69) is 10.3 Å². The minimum atomic E-state index is -0.0545. The molecule has 1 N–H and O–H groups in total. The number of thioether (sulfide) groups is 1. The number of fused-ring (bicyclic) bond motifs is 1. The van der Waals surface area contributed by atoms with Crippen LogP contribution in [0.4, 0.5) is 5.69 Å². The molecule has 0 aliphatic rings. The van der Waals surface area contributed by atoms with Crippen LogP contribution >= 0.6 is 23.4 Å². The topological polar surface area (TPSA) is 55.1 Å². The van der Waals surface area contributed by atoms with Crippen LogP contribution in [-0.4, -0.2) is 16.6 Å². The summed E-state index contributed by atoms with van der Waals surface area (Å²) < 4.78 is 5.85. The number of amides is 1. The van der Waals surface area contributed by atoms with Crippen LogP contribution in [0.2, 0.25) is 5.02 Å². The van der Waals surface area contributed by atoms with Crippen molar-refractivity contribution in [1.29, 1.82) is 0 Å². The maximum atomic E-state index is 12.2. The lowest BCUT2D eigenvalue weighted by Gasteiger charge is -2.05. The van der Waals surface area contributed by atoms with Crippen molar-refractivity contribution in [1.82, 2.24) is 4.98 Å². The summed E-state index contributed by atoms with van der Waals surface area (Å²) in [5, 5.41) is 3.62. The third-order valence-electron chi connectivity index (χ3n) is 4.11. The van der Waals surface area contributed by atoms with Crippen LogP contribution in [0.1, 0.15) is 5.56 Å². The molecule has 0 radical (unpaired) electrons. The zero-order chi connectivity index (χ0) is 19.3. The molecule has 0 spiro atoms. The fourth-order valence-corrected chi connectivity index (χ4v) is 3.66. The smallest absolute Gasteiger partial charge is 0.234 e. The molecule has 0 atom stereocenters. The Bertz CT molecular complexity index is 1090. The summed E-state index contributed by atoms with van der Waals surface area (Å²) in [6, 6.07) is 22.9. The molecule has 6 heteroatoms. The van der Waals surface area contributed by atoms with Crippen LogP contribution in [0.15, 0.2) is 77.2 Å². The van der Waals surface area contributed by atoms with Gasteiger partial charge in [0.1, 0.15) is 5.52 Å². The fraction of sp³-hybridized carbons (Fsp3) is 0.0909. The number of halogens is 1. The molecule has 0 bridgehead atoms. The van der Waals surface area contributed by atoms with Gasteiger partial charge in [-0.15, -0.1) is 11.8 Å². The first-order chi connectivity index (χ1) is 13.7. The molecule has 140 valence electrons. The van der Waals surface area contributed by atoms with E-state index in [9.17, 15) is 4.79 Å². The van der Waals surface area contributed by atoms with Crippen LogP contribution in [0.3, 0.4) is 0 Å². The van der Waals surface area contributed by atoms with Crippen molar-refractivity contribution in [2.75, 3.05) is 11.1 Å². The predicted molar refractivity (Wildman–Crippen MR) is 116 cm³/mol. The second kappa shape index (κ2) is 8.50. The Hall–Kier alpha value is -2.76. The molecule has 0 saturated heterocycles. The van der Waals surface area contributed by atoms with Gasteiger partial charge < -0.3 is 9.73 Å². The number of nitrogens with zero attached hydrogens (tertiary/aromatic N) is 1. The van der Waals surface area contributed by atoms with Crippen molar-refractivity contribution in [3.8, 4) is 11.5 Å². The van der Waals surface area contributed by atoms with Crippen molar-refractivity contribution in [2.45, 2.75) is 5.75 Å². The van der Waals surface area contributed by atoms with Gasteiger partial charge in [0.2, 0.25) is 11.8 Å². The van der Waals surface area contributed by atoms with Gasteiger partial charge in [-0.05, 0) is 42.0 Å². The van der Waals surface area contributed by atoms with Gasteiger partial charge in [-0.1, -0.05) is 41.9 Å². The van der Waals surface area contributed by atoms with Crippen molar-refractivity contribution >= 4 is 46.1 Å². The van der Waals surface area contributed by atoms with Gasteiger partial charge in [0, 0.05) is 28.1 Å². The van der Waals surface area contributed by atoms with Gasteiger partial charge in [-0.25, -0.2) is 4.98 Å². The van der Waals surface area contributed by atoms with Crippen LogP contribution in [0.5, 0.6) is 0 Å². The molecule has 0 fully saturated rings. The summed E-state index contributed by atoms with van der Waals surface area (Å²) >= 11 is 7.43. The van der Waals surface area contributed by atoms with Gasteiger partial charge in [-0.2, -0.15) is 0 Å². The van der Waals surface area contributed by atoms with Crippen molar-refractivity contribution in [3.05, 3.63) is 83.4 Å². The molecule has 28 heavy (non-hydrogen) atoms. The largest absolute Gasteiger partial charge is 0.436 e. The fourth-order valence-electron chi connectivity index (χ4n) is 2.75. The maximum Gasteiger partial charge on any atom is 0.234 e. The summed E-state index contributed by atoms with van der Waals surface area (Å²) in [5.41, 5.74) is 4.15. The quantitative estimate of drug-likeness (QED) is 0.423. The number of benzene rings is 3. The Labute approximate surface area is 171 Å². The number of oxazole rings is 1. The summed E-state index contributed by atoms with van der Waals surface area (Å²) in [5.74, 6) is 1.64. The summed E-state index contributed by atoms with van der Waals surface area (Å²) in [7, 11) is 0. The Kier molecular flexibility index (Phi) is 5.65. The van der Waals surface area contributed by atoms with E-state index in [4.69, 9.17) is 16.0 Å². The monoisotopic (exact) mass is 408 g/mol. The molecule has 4 rings (SSSR count). The number of anilines is 1. The van der Waals surface area contributed by atoms with Crippen LogP contribution in [0.25, 0.3) is 22.6 Å². The molecule has 0 saturated carbocycles. The van der Waals surface area contributed by atoms with Gasteiger partial charge >= 0.3 is 0 Å². The first kappa shape index (κ1) is 18.6. The number of hydrogen-bond acceptors (Lipinski definition) is 4. The standard InChI is InChI=1S/C22H17ClN2O2S/c23-17-8-6-15(7-9-17)13-28-14-21(26)24-18-10-11-19-20(12-18)27-22(25-19)16-4-2-1-3-5-16/h1-12H,13-14H2,(H,24,26). The normalized spacial score (nSPS) is 10.9. The number of carbonyl (C=O) groups excluding carboxylic acids is 1. The Morgan fingerprint density at radius 1 is 1.04 bits per heavy atom. The molecule has 0 unspecified atom stereocenters. The first-order valence-electron chi connectivity index (χ1n) is 8.75. The molecule has 1 aromatic heterocycles. The molecule has 1 heterocycles. The average molecular weight is 409 g/mol. The number of hydrogen-bond donors (Lipinski definition) is 1. The van der Waals surface area contributed by atoms with E-state index in [1.807, 2.05) is 66.7 Å². The SMILES string of the molecule is O=C(CSCc1ccc(Cl)cc1)Nc1ccc2nc(-c3ccccc3)oc2c1. The van der Waals surface area contributed by atoms with Crippen molar-refractivity contribution in [2.24, 2.45) is 0 Å². The molecular weight excluding hydrogens is 392 g/mol. The third kappa shape index (κ3) is 4.55. The second-order valence-corrected chi connectivity index (χ2v) is 7.66. The van der Waals surface area contributed by atoms with E-state index < -0.39 is 0 Å². The number of rotatable bonds is 6. The van der Waals surface area contributed by atoms with Crippen LogP contribution in [0, 0.1) is 0 Å². The predicted octanol–water partition coefficient (Wildman–Crippen LogP) is 6.02. The highest BCUT2D eigenvalue weighted by molar-refractivity contribution is 7.99. The Balaban J connectivity index is 1.37. The summed E-state index contributed by atoms with van der Waals surface area (Å²) in [4.78, 5) is 16.7. The van der Waals surface area contributed by atoms with E-state index in [0.717, 1.165) is 22.4 Å². The molecular formula is C22H17ClN2O2S. The molecule has 4 nitrogen and oxygen atoms in total. The second-order valence-electron chi connectivity index (χ2n) is 6.23. The maximum absolute atomic E-state index is 12.2. The van der Waals surface area contributed by atoms with Crippen molar-refractivity contribution in [3.63, 3.8) is 0 Å². The van der Waals surface area contributed by atoms with Gasteiger partial charge in [0.05, 0.1) is 5.75 Å². The van der Waals surface area contributed by atoms with Gasteiger partial charge in [0.25, 0.3) is 0 Å². The number of carbonyl (C=O) groups is 1. The lowest BCUT2D eigenvalue weighted by atomic mass is 10.2. The van der Waals surface area contributed by atoms with Crippen LogP contribution in [-0.2, 0) is 10.5 Å². The first-order valence-corrected chi connectivity index (χ1v) is 10.3. The van der Waals surface area contributed by atoms with Gasteiger partial charge in [-0.3, -0.25) is 4.79 Å². The summed E-state index contributed by atoms with van der Waals surface area (Å²) in [6.45, 7) is 0. The Morgan fingerprint density at radius 3 is 2.61 bits per heavy atom. The van der Waals surface area contributed by atoms with E-state index in [0.29, 0.717) is 27.9 Å². The highest BCUT2D eigenvalue weighted by Crippen LogP contribution is 2.26. The lowest BCUT2D eigenvalue weighted by Crippen LogP contribution is -2.14. The minimum Gasteiger partial charge on any atom is -0.436 e. The van der Waals surface area contributed by atoms with Gasteiger partial charge in [0.15, 0.2) is 5.58 Å². The molecule has 0 aliphatic heterocycles. The van der Waals surface area contributed by atoms with E-state index in [1.165, 1.54) is 0 Å².